The fourth-order valence-electron chi connectivity index (χ4n) is 2.12. The van der Waals surface area contributed by atoms with Crippen LogP contribution in [-0.2, 0) is 17.8 Å². The van der Waals surface area contributed by atoms with Gasteiger partial charge in [0.15, 0.2) is 5.82 Å². The highest BCUT2D eigenvalue weighted by Crippen LogP contribution is 2.25. The molecule has 0 bridgehead atoms. The van der Waals surface area contributed by atoms with Gasteiger partial charge in [-0.15, -0.1) is 0 Å². The Morgan fingerprint density at radius 3 is 2.23 bits per heavy atom. The van der Waals surface area contributed by atoms with Crippen LogP contribution in [0, 0.1) is 5.82 Å². The van der Waals surface area contributed by atoms with Crippen LogP contribution in [0.3, 0.4) is 0 Å². The van der Waals surface area contributed by atoms with Crippen molar-refractivity contribution in [3.8, 4) is 0 Å². The molecule has 2 aromatic carbocycles. The van der Waals surface area contributed by atoms with Crippen molar-refractivity contribution in [2.75, 3.05) is 11.0 Å². The number of ether oxygens (including phenoxy) is 1. The van der Waals surface area contributed by atoms with Gasteiger partial charge in [0.1, 0.15) is 12.2 Å². The lowest BCUT2D eigenvalue weighted by Gasteiger charge is -2.13. The first-order valence-electron chi connectivity index (χ1n) is 8.98. The first kappa shape index (κ1) is 24.0. The molecule has 0 saturated heterocycles. The zero-order chi connectivity index (χ0) is 19.9. The summed E-state index contributed by atoms with van der Waals surface area (Å²) in [6.07, 6.45) is 2.35. The molecule has 0 unspecified atom stereocenters. The number of hydrogen-bond acceptors (Lipinski definition) is 4. The number of carbonyl (C=O) groups is 1. The fourth-order valence-corrected chi connectivity index (χ4v) is 2.49. The molecule has 0 fully saturated rings. The highest BCUT2D eigenvalue weighted by atomic mass is 32.2. The highest BCUT2D eigenvalue weighted by Gasteiger charge is 2.20. The van der Waals surface area contributed by atoms with E-state index in [1.165, 1.54) is 11.9 Å². The van der Waals surface area contributed by atoms with E-state index in [-0.39, 0.29) is 17.9 Å². The predicted molar refractivity (Wildman–Crippen MR) is 111 cm³/mol. The number of nitrogens with one attached hydrogen (secondary N) is 1. The first-order chi connectivity index (χ1) is 12.7. The van der Waals surface area contributed by atoms with E-state index in [2.05, 4.69) is 4.72 Å². The van der Waals surface area contributed by atoms with Gasteiger partial charge in [0, 0.05) is 6.26 Å². The normalized spacial score (nSPS) is 9.19. The quantitative estimate of drug-likeness (QED) is 0.460. The number of benzene rings is 2. The Kier molecular flexibility index (Phi) is 13.1. The van der Waals surface area contributed by atoms with E-state index in [0.29, 0.717) is 12.0 Å². The summed E-state index contributed by atoms with van der Waals surface area (Å²) in [5.41, 5.74) is 1.81. The second-order valence-corrected chi connectivity index (χ2v) is 5.30. The largest absolute Gasteiger partial charge is 0.457 e. The fraction of sp³-hybridized carbons (Fsp3) is 0.381. The third kappa shape index (κ3) is 7.08. The van der Waals surface area contributed by atoms with Crippen LogP contribution < -0.4 is 4.72 Å². The maximum Gasteiger partial charge on any atom is 0.341 e. The minimum Gasteiger partial charge on any atom is -0.457 e. The Morgan fingerprint density at radius 2 is 1.69 bits per heavy atom. The average Bonchev–Trinajstić information content (AvgIpc) is 2.71. The average molecular weight is 380 g/mol. The van der Waals surface area contributed by atoms with Gasteiger partial charge in [-0.2, -0.15) is 0 Å². The van der Waals surface area contributed by atoms with Crippen LogP contribution in [0.15, 0.2) is 42.5 Å². The van der Waals surface area contributed by atoms with Crippen LogP contribution in [0.4, 0.5) is 10.1 Å². The number of anilines is 1. The summed E-state index contributed by atoms with van der Waals surface area (Å²) in [6.45, 7) is 10.0. The van der Waals surface area contributed by atoms with E-state index in [1.807, 2.05) is 65.0 Å². The number of aryl methyl sites for hydroxylation is 1. The van der Waals surface area contributed by atoms with E-state index in [9.17, 15) is 9.18 Å². The molecule has 0 amide bonds. The molecule has 0 aliphatic carbocycles. The zero-order valence-electron chi connectivity index (χ0n) is 16.6. The molecule has 0 aliphatic heterocycles. The molecule has 26 heavy (non-hydrogen) atoms. The van der Waals surface area contributed by atoms with E-state index in [0.717, 1.165) is 5.56 Å². The van der Waals surface area contributed by atoms with Crippen LogP contribution in [-0.4, -0.2) is 12.2 Å². The number of rotatable bonds is 6. The monoisotopic (exact) mass is 379 g/mol. The lowest BCUT2D eigenvalue weighted by Crippen LogP contribution is -2.12. The molecule has 0 saturated carbocycles. The molecule has 0 heterocycles. The van der Waals surface area contributed by atoms with Crippen LogP contribution >= 0.6 is 11.9 Å². The van der Waals surface area contributed by atoms with Crippen molar-refractivity contribution in [1.29, 1.82) is 0 Å². The van der Waals surface area contributed by atoms with Crippen LogP contribution in [0.25, 0.3) is 0 Å². The number of halogens is 1. The van der Waals surface area contributed by atoms with E-state index >= 15 is 0 Å². The van der Waals surface area contributed by atoms with E-state index in [4.69, 9.17) is 4.74 Å². The number of esters is 1. The topological polar surface area (TPSA) is 38.3 Å². The van der Waals surface area contributed by atoms with Crippen molar-refractivity contribution in [2.45, 2.75) is 47.6 Å². The Labute approximate surface area is 161 Å². The van der Waals surface area contributed by atoms with Crippen LogP contribution in [0.1, 0.15) is 56.1 Å². The minimum atomic E-state index is -0.636. The van der Waals surface area contributed by atoms with Crippen molar-refractivity contribution >= 4 is 23.6 Å². The Morgan fingerprint density at radius 1 is 1.08 bits per heavy atom. The molecule has 3 nitrogen and oxygen atoms in total. The molecular weight excluding hydrogens is 349 g/mol. The second-order valence-electron chi connectivity index (χ2n) is 4.68. The molecule has 2 aromatic rings. The highest BCUT2D eigenvalue weighted by molar-refractivity contribution is 7.99. The molecule has 0 spiro atoms. The number of hydrogen-bond donors (Lipinski definition) is 1. The summed E-state index contributed by atoms with van der Waals surface area (Å²) < 4.78 is 22.6. The summed E-state index contributed by atoms with van der Waals surface area (Å²) in [6, 6.07) is 12.7. The van der Waals surface area contributed by atoms with Crippen LogP contribution in [0.2, 0.25) is 0 Å². The van der Waals surface area contributed by atoms with Gasteiger partial charge in [0.05, 0.1) is 5.69 Å². The summed E-state index contributed by atoms with van der Waals surface area (Å²) in [7, 11) is 0. The van der Waals surface area contributed by atoms with Crippen LogP contribution in [0.5, 0.6) is 0 Å². The maximum atomic E-state index is 14.5. The maximum absolute atomic E-state index is 14.5. The third-order valence-electron chi connectivity index (χ3n) is 3.24. The molecule has 2 rings (SSSR count). The third-order valence-corrected chi connectivity index (χ3v) is 3.66. The van der Waals surface area contributed by atoms with Gasteiger partial charge in [0.25, 0.3) is 0 Å². The molecule has 1 N–H and O–H groups in total. The van der Waals surface area contributed by atoms with Gasteiger partial charge >= 0.3 is 5.97 Å². The second kappa shape index (κ2) is 14.2. The van der Waals surface area contributed by atoms with Gasteiger partial charge < -0.3 is 9.46 Å². The molecular formula is C21H30FNO2S. The summed E-state index contributed by atoms with van der Waals surface area (Å²) in [4.78, 5) is 12.3. The molecule has 0 radical (unpaired) electrons. The predicted octanol–water partition coefficient (Wildman–Crippen LogP) is 6.49. The van der Waals surface area contributed by atoms with Gasteiger partial charge in [-0.3, -0.25) is 0 Å². The van der Waals surface area contributed by atoms with Crippen molar-refractivity contribution in [1.82, 2.24) is 0 Å². The lowest BCUT2D eigenvalue weighted by atomic mass is 10.0. The zero-order valence-corrected chi connectivity index (χ0v) is 17.4. The smallest absolute Gasteiger partial charge is 0.341 e. The summed E-state index contributed by atoms with van der Waals surface area (Å²) in [5, 5.41) is 0. The van der Waals surface area contributed by atoms with Gasteiger partial charge in [0.2, 0.25) is 0 Å². The van der Waals surface area contributed by atoms with Crippen molar-refractivity contribution < 1.29 is 13.9 Å². The van der Waals surface area contributed by atoms with Gasteiger partial charge in [-0.05, 0) is 23.6 Å². The van der Waals surface area contributed by atoms with E-state index < -0.39 is 11.8 Å². The standard InChI is InChI=1S/C17H18FNO2S.2C2H6/c1-3-13-9-10-14(19-22-2)16(18)15(13)17(20)21-11-12-7-5-4-6-8-12;2*1-2/h4-10,19H,3,11H2,1-2H3;2*1-2H3. The van der Waals surface area contributed by atoms with Gasteiger partial charge in [-0.25, -0.2) is 9.18 Å². The molecule has 0 aliphatic rings. The molecule has 144 valence electrons. The summed E-state index contributed by atoms with van der Waals surface area (Å²) in [5.74, 6) is -1.20. The van der Waals surface area contributed by atoms with Gasteiger partial charge in [-0.1, -0.05) is 83.0 Å². The summed E-state index contributed by atoms with van der Waals surface area (Å²) >= 11 is 1.27. The van der Waals surface area contributed by atoms with Crippen molar-refractivity contribution in [3.05, 3.63) is 65.0 Å². The lowest BCUT2D eigenvalue weighted by molar-refractivity contribution is 0.0466. The Hall–Kier alpha value is -2.01. The molecule has 5 heteroatoms. The minimum absolute atomic E-state index is 0.0116. The Bertz CT molecular complexity index is 648. The van der Waals surface area contributed by atoms with Crippen molar-refractivity contribution in [2.24, 2.45) is 0 Å². The Balaban J connectivity index is 0.00000146. The van der Waals surface area contributed by atoms with Crippen molar-refractivity contribution in [3.63, 3.8) is 0 Å². The molecule has 0 aromatic heterocycles. The van der Waals surface area contributed by atoms with E-state index in [1.54, 1.807) is 18.4 Å². The SMILES string of the molecule is CC.CC.CCc1ccc(NSC)c(F)c1C(=O)OCc1ccccc1. The molecule has 0 atom stereocenters. The first-order valence-corrected chi connectivity index (χ1v) is 10.2. The number of carbonyl (C=O) groups excluding carboxylic acids is 1.